The van der Waals surface area contributed by atoms with Crippen molar-refractivity contribution >= 4 is 23.9 Å². The van der Waals surface area contributed by atoms with Gasteiger partial charge in [-0.15, -0.1) is 0 Å². The van der Waals surface area contributed by atoms with E-state index in [1.165, 1.54) is 77.0 Å². The van der Waals surface area contributed by atoms with Crippen molar-refractivity contribution in [2.75, 3.05) is 13.2 Å². The van der Waals surface area contributed by atoms with Gasteiger partial charge >= 0.3 is 23.9 Å². The molecule has 0 amide bonds. The van der Waals surface area contributed by atoms with Gasteiger partial charge in [0.25, 0.3) is 0 Å². The minimum atomic E-state index is -1.92. The van der Waals surface area contributed by atoms with Crippen molar-refractivity contribution in [3.63, 3.8) is 0 Å². The third kappa shape index (κ3) is 47.6. The fourth-order valence-electron chi connectivity index (χ4n) is 9.54. The van der Waals surface area contributed by atoms with Crippen LogP contribution < -0.4 is 0 Å². The monoisotopic (exact) mass is 1160 g/mol. The summed E-state index contributed by atoms with van der Waals surface area (Å²) in [6, 6.07) is 0. The van der Waals surface area contributed by atoms with Crippen molar-refractivity contribution in [3.8, 4) is 0 Å². The van der Waals surface area contributed by atoms with E-state index in [2.05, 4.69) is 118 Å². The molecule has 6 unspecified atom stereocenters. The molecule has 0 bridgehead atoms. The van der Waals surface area contributed by atoms with Crippen LogP contribution in [-0.4, -0.2) is 89.2 Å². The van der Waals surface area contributed by atoms with Crippen molar-refractivity contribution in [2.24, 2.45) is 0 Å². The van der Waals surface area contributed by atoms with E-state index in [1.54, 1.807) is 0 Å². The van der Waals surface area contributed by atoms with Crippen LogP contribution in [0.5, 0.6) is 0 Å². The molecule has 1 saturated heterocycles. The highest BCUT2D eigenvalue weighted by Crippen LogP contribution is 2.27. The predicted octanol–water partition coefficient (Wildman–Crippen LogP) is 18.0. The summed E-state index contributed by atoms with van der Waals surface area (Å²) < 4.78 is 28.5. The number of hydrogen-bond donors (Lipinski definition) is 3. The maximum atomic E-state index is 13.2. The molecule has 1 rings (SSSR count). The topological polar surface area (TPSA) is 175 Å². The Labute approximate surface area is 504 Å². The second-order valence-corrected chi connectivity index (χ2v) is 22.4. The molecular formula is C71H118O12. The molecule has 83 heavy (non-hydrogen) atoms. The average molecular weight is 1160 g/mol. The highest BCUT2D eigenvalue weighted by Gasteiger charge is 2.50. The highest BCUT2D eigenvalue weighted by molar-refractivity contribution is 5.74. The number of ether oxygens (including phenoxy) is 5. The summed E-state index contributed by atoms with van der Waals surface area (Å²) in [6.07, 6.45) is 65.0. The lowest BCUT2D eigenvalue weighted by molar-refractivity contribution is -0.301. The molecule has 1 aliphatic heterocycles. The summed E-state index contributed by atoms with van der Waals surface area (Å²) in [4.78, 5) is 51.4. The number of aliphatic hydroxyl groups is 2. The number of esters is 3. The van der Waals surface area contributed by atoms with Crippen LogP contribution in [0.3, 0.4) is 0 Å². The van der Waals surface area contributed by atoms with E-state index >= 15 is 0 Å². The Balaban J connectivity index is 2.69. The lowest BCUT2D eigenvalue weighted by Crippen LogP contribution is -2.61. The Bertz CT molecular complexity index is 1810. The summed E-state index contributed by atoms with van der Waals surface area (Å²) in [5.41, 5.74) is 0. The fourth-order valence-corrected chi connectivity index (χ4v) is 9.54. The molecule has 0 saturated carbocycles. The number of aliphatic carboxylic acids is 1. The smallest absolute Gasteiger partial charge is 0.335 e. The van der Waals surface area contributed by atoms with E-state index in [4.69, 9.17) is 23.7 Å². The van der Waals surface area contributed by atoms with Crippen LogP contribution in [0.2, 0.25) is 0 Å². The minimum Gasteiger partial charge on any atom is -0.479 e. The third-order valence-electron chi connectivity index (χ3n) is 14.6. The molecule has 0 radical (unpaired) electrons. The lowest BCUT2D eigenvalue weighted by Gasteiger charge is -2.40. The summed E-state index contributed by atoms with van der Waals surface area (Å²) in [7, 11) is 0. The number of allylic oxidation sites excluding steroid dienone is 16. The van der Waals surface area contributed by atoms with Crippen molar-refractivity contribution in [3.05, 3.63) is 97.2 Å². The summed E-state index contributed by atoms with van der Waals surface area (Å²) in [5.74, 6) is -3.17. The standard InChI is InChI=1S/C71H118O12/c1-4-7-10-13-16-19-22-25-28-31-32-35-36-39-42-45-48-51-54-57-63(72)79-60-62(81-64(73)58-55-52-49-46-43-40-37-33-29-26-23-20-17-14-11-8-5-2)61-80-71-69(67(76)66(75)68(83-71)70(77)78)82-65(74)59-56-53-50-47-44-41-38-34-30-27-24-21-18-15-12-9-6-3/h7,10,16,18-19,21,25-30,32,35,39,42,62,66-69,71,75-76H,4-6,8-9,11-15,17,20,22-24,31,33-34,36-38,40-41,43-61H2,1-3H3,(H,77,78)/b10-7-,19-16-,21-18-,28-25-,29-26-,30-27-,35-32-,42-39-. The number of carboxylic acid groups (broad SMARTS) is 1. The molecule has 474 valence electrons. The van der Waals surface area contributed by atoms with E-state index in [0.717, 1.165) is 141 Å². The van der Waals surface area contributed by atoms with Crippen LogP contribution in [0.25, 0.3) is 0 Å². The van der Waals surface area contributed by atoms with E-state index in [9.17, 15) is 34.5 Å². The molecule has 0 aliphatic carbocycles. The van der Waals surface area contributed by atoms with E-state index < -0.39 is 67.3 Å². The molecule has 1 fully saturated rings. The van der Waals surface area contributed by atoms with Crippen molar-refractivity contribution in [1.29, 1.82) is 0 Å². The van der Waals surface area contributed by atoms with Crippen molar-refractivity contribution in [2.45, 2.75) is 314 Å². The van der Waals surface area contributed by atoms with Gasteiger partial charge in [-0.2, -0.15) is 0 Å². The fraction of sp³-hybridized carbons (Fsp3) is 0.718. The average Bonchev–Trinajstić information content (AvgIpc) is 3.59. The maximum absolute atomic E-state index is 13.2. The zero-order valence-electron chi connectivity index (χ0n) is 52.4. The number of rotatable bonds is 56. The van der Waals surface area contributed by atoms with E-state index in [0.29, 0.717) is 19.3 Å². The molecule has 0 aromatic heterocycles. The molecule has 1 heterocycles. The zero-order chi connectivity index (χ0) is 60.3. The van der Waals surface area contributed by atoms with Gasteiger partial charge in [-0.3, -0.25) is 14.4 Å². The van der Waals surface area contributed by atoms with Crippen LogP contribution in [-0.2, 0) is 42.9 Å². The van der Waals surface area contributed by atoms with E-state index in [1.807, 2.05) is 0 Å². The van der Waals surface area contributed by atoms with Crippen LogP contribution in [0, 0.1) is 0 Å². The predicted molar refractivity (Wildman–Crippen MR) is 340 cm³/mol. The van der Waals surface area contributed by atoms with Gasteiger partial charge < -0.3 is 39.0 Å². The number of carbonyl (C=O) groups is 4. The minimum absolute atomic E-state index is 0.0445. The van der Waals surface area contributed by atoms with Crippen LogP contribution in [0.4, 0.5) is 0 Å². The summed E-state index contributed by atoms with van der Waals surface area (Å²) in [5, 5.41) is 31.6. The van der Waals surface area contributed by atoms with Gasteiger partial charge in [-0.1, -0.05) is 234 Å². The lowest BCUT2D eigenvalue weighted by atomic mass is 9.98. The zero-order valence-corrected chi connectivity index (χ0v) is 52.4. The van der Waals surface area contributed by atoms with Crippen molar-refractivity contribution < 1.29 is 58.2 Å². The largest absolute Gasteiger partial charge is 0.479 e. The maximum Gasteiger partial charge on any atom is 0.335 e. The van der Waals surface area contributed by atoms with Crippen LogP contribution in [0.15, 0.2) is 97.2 Å². The van der Waals surface area contributed by atoms with Gasteiger partial charge in [-0.05, 0) is 122 Å². The molecule has 0 aromatic carbocycles. The van der Waals surface area contributed by atoms with Crippen molar-refractivity contribution in [1.82, 2.24) is 0 Å². The molecule has 1 aliphatic rings. The molecule has 12 heteroatoms. The Kier molecular flexibility index (Phi) is 53.6. The Morgan fingerprint density at radius 2 is 0.759 bits per heavy atom. The Morgan fingerprint density at radius 3 is 1.20 bits per heavy atom. The van der Waals surface area contributed by atoms with Gasteiger partial charge in [-0.25, -0.2) is 4.79 Å². The normalized spacial score (nSPS) is 18.2. The summed E-state index contributed by atoms with van der Waals surface area (Å²) >= 11 is 0. The molecule has 0 spiro atoms. The molecule has 0 aromatic rings. The van der Waals surface area contributed by atoms with Crippen LogP contribution >= 0.6 is 0 Å². The van der Waals surface area contributed by atoms with Gasteiger partial charge in [0.1, 0.15) is 18.8 Å². The second kappa shape index (κ2) is 58.0. The summed E-state index contributed by atoms with van der Waals surface area (Å²) in [6.45, 7) is 5.84. The second-order valence-electron chi connectivity index (χ2n) is 22.4. The Morgan fingerprint density at radius 1 is 0.410 bits per heavy atom. The van der Waals surface area contributed by atoms with Gasteiger partial charge in [0, 0.05) is 19.3 Å². The molecule has 12 nitrogen and oxygen atoms in total. The number of carbonyl (C=O) groups excluding carboxylic acids is 3. The first-order chi connectivity index (χ1) is 40.6. The SMILES string of the molecule is CC/C=C\C/C=C\C/C=C\C/C=C\C/C=C\CCCCCC(=O)OCC(COC1OC(C(=O)O)C(O)C(O)C1OC(=O)CCCCCCCCC/C=C\C/C=C\CCCCC)OC(=O)CCCCCCCCC/C=C\CCCCCCCC. The quantitative estimate of drug-likeness (QED) is 0.0228. The van der Waals surface area contributed by atoms with E-state index in [-0.39, 0.29) is 25.9 Å². The molecular weight excluding hydrogens is 1040 g/mol. The number of hydrogen-bond acceptors (Lipinski definition) is 11. The van der Waals surface area contributed by atoms with Gasteiger partial charge in [0.05, 0.1) is 6.61 Å². The Hall–Kier alpha value is -4.36. The first kappa shape index (κ1) is 76.7. The molecule has 6 atom stereocenters. The first-order valence-corrected chi connectivity index (χ1v) is 33.2. The third-order valence-corrected chi connectivity index (χ3v) is 14.6. The first-order valence-electron chi connectivity index (χ1n) is 33.2. The van der Waals surface area contributed by atoms with Crippen LogP contribution in [0.1, 0.15) is 278 Å². The number of unbranched alkanes of at least 4 members (excludes halogenated alkanes) is 26. The highest BCUT2D eigenvalue weighted by atomic mass is 16.7. The van der Waals surface area contributed by atoms with Gasteiger partial charge in [0.15, 0.2) is 24.6 Å². The number of aliphatic hydroxyl groups excluding tert-OH is 2. The number of carboxylic acids is 1. The molecule has 3 N–H and O–H groups in total. The van der Waals surface area contributed by atoms with Gasteiger partial charge in [0.2, 0.25) is 0 Å².